The molecule has 0 spiro atoms. The molecule has 1 aromatic rings. The Morgan fingerprint density at radius 2 is 2.12 bits per heavy atom. The van der Waals surface area contributed by atoms with Gasteiger partial charge in [0.15, 0.2) is 0 Å². The van der Waals surface area contributed by atoms with Crippen molar-refractivity contribution >= 4 is 18.1 Å². The van der Waals surface area contributed by atoms with Crippen LogP contribution in [0.4, 0.5) is 10.1 Å². The Kier molecular flexibility index (Phi) is 3.36. The Hall–Kier alpha value is -0.800. The molecule has 88 valence electrons. The van der Waals surface area contributed by atoms with Crippen molar-refractivity contribution in [3.8, 4) is 0 Å². The molecule has 0 unspecified atom stereocenters. The standard InChI is InChI=1S/C12H15FN2.ClH/c13-11-4-1-5-12-10(11)3-2-6-15(12)9-7-14-8-9;/h1,4-5,9,14H,2-3,6-8H2;1H. The van der Waals surface area contributed by atoms with Crippen molar-refractivity contribution in [1.82, 2.24) is 5.32 Å². The molecule has 2 aliphatic rings. The van der Waals surface area contributed by atoms with Crippen LogP contribution in [0.1, 0.15) is 12.0 Å². The molecule has 1 aromatic carbocycles. The summed E-state index contributed by atoms with van der Waals surface area (Å²) in [6.07, 6.45) is 1.96. The molecule has 0 radical (unpaired) electrons. The first-order valence-corrected chi connectivity index (χ1v) is 5.61. The van der Waals surface area contributed by atoms with Crippen LogP contribution in [-0.2, 0) is 6.42 Å². The van der Waals surface area contributed by atoms with Gasteiger partial charge in [0.05, 0.1) is 6.04 Å². The van der Waals surface area contributed by atoms with E-state index in [0.29, 0.717) is 6.04 Å². The monoisotopic (exact) mass is 242 g/mol. The molecular formula is C12H16ClFN2. The van der Waals surface area contributed by atoms with Crippen molar-refractivity contribution in [2.45, 2.75) is 18.9 Å². The lowest BCUT2D eigenvalue weighted by molar-refractivity contribution is 0.403. The van der Waals surface area contributed by atoms with E-state index in [2.05, 4.69) is 16.3 Å². The maximum absolute atomic E-state index is 13.6. The number of anilines is 1. The second-order valence-corrected chi connectivity index (χ2v) is 4.35. The summed E-state index contributed by atoms with van der Waals surface area (Å²) in [6, 6.07) is 6.02. The van der Waals surface area contributed by atoms with Gasteiger partial charge in [-0.25, -0.2) is 4.39 Å². The molecule has 1 saturated heterocycles. The van der Waals surface area contributed by atoms with Gasteiger partial charge in [-0.3, -0.25) is 0 Å². The SMILES string of the molecule is Cl.Fc1cccc2c1CCCN2C1CNC1. The van der Waals surface area contributed by atoms with E-state index in [4.69, 9.17) is 0 Å². The molecule has 0 saturated carbocycles. The van der Waals surface area contributed by atoms with Gasteiger partial charge in [0.2, 0.25) is 0 Å². The molecule has 2 heterocycles. The van der Waals surface area contributed by atoms with Crippen molar-refractivity contribution in [2.24, 2.45) is 0 Å². The number of fused-ring (bicyclic) bond motifs is 1. The zero-order valence-electron chi connectivity index (χ0n) is 9.08. The second-order valence-electron chi connectivity index (χ2n) is 4.35. The Morgan fingerprint density at radius 3 is 2.81 bits per heavy atom. The molecule has 2 nitrogen and oxygen atoms in total. The highest BCUT2D eigenvalue weighted by atomic mass is 35.5. The van der Waals surface area contributed by atoms with Crippen LogP contribution in [0, 0.1) is 5.82 Å². The molecule has 0 atom stereocenters. The van der Waals surface area contributed by atoms with E-state index < -0.39 is 0 Å². The molecule has 0 aromatic heterocycles. The number of halogens is 2. The van der Waals surface area contributed by atoms with Gasteiger partial charge in [-0.2, -0.15) is 0 Å². The fourth-order valence-electron chi connectivity index (χ4n) is 2.48. The van der Waals surface area contributed by atoms with Crippen molar-refractivity contribution < 1.29 is 4.39 Å². The third kappa shape index (κ3) is 1.78. The fraction of sp³-hybridized carbons (Fsp3) is 0.500. The molecule has 0 amide bonds. The predicted octanol–water partition coefficient (Wildman–Crippen LogP) is 1.97. The van der Waals surface area contributed by atoms with Crippen LogP contribution >= 0.6 is 12.4 Å². The van der Waals surface area contributed by atoms with Gasteiger partial charge >= 0.3 is 0 Å². The maximum Gasteiger partial charge on any atom is 0.128 e. The lowest BCUT2D eigenvalue weighted by Gasteiger charge is -2.42. The molecule has 4 heteroatoms. The normalized spacial score (nSPS) is 19.7. The maximum atomic E-state index is 13.6. The summed E-state index contributed by atoms with van der Waals surface area (Å²) in [5.74, 6) is -0.0375. The van der Waals surface area contributed by atoms with E-state index in [0.717, 1.165) is 43.7 Å². The van der Waals surface area contributed by atoms with E-state index in [1.165, 1.54) is 0 Å². The largest absolute Gasteiger partial charge is 0.366 e. The fourth-order valence-corrected chi connectivity index (χ4v) is 2.48. The number of rotatable bonds is 1. The molecule has 16 heavy (non-hydrogen) atoms. The van der Waals surface area contributed by atoms with Crippen LogP contribution in [0.25, 0.3) is 0 Å². The summed E-state index contributed by atoms with van der Waals surface area (Å²) < 4.78 is 13.6. The highest BCUT2D eigenvalue weighted by Gasteiger charge is 2.29. The number of nitrogens with zero attached hydrogens (tertiary/aromatic N) is 1. The van der Waals surface area contributed by atoms with Crippen LogP contribution in [0.5, 0.6) is 0 Å². The second kappa shape index (κ2) is 4.60. The van der Waals surface area contributed by atoms with Crippen molar-refractivity contribution in [3.63, 3.8) is 0 Å². The van der Waals surface area contributed by atoms with Crippen molar-refractivity contribution in [3.05, 3.63) is 29.6 Å². The number of hydrogen-bond acceptors (Lipinski definition) is 2. The zero-order chi connectivity index (χ0) is 10.3. The summed E-state index contributed by atoms with van der Waals surface area (Å²) in [4.78, 5) is 2.36. The first-order chi connectivity index (χ1) is 7.36. The van der Waals surface area contributed by atoms with Gasteiger partial charge in [0.25, 0.3) is 0 Å². The lowest BCUT2D eigenvalue weighted by atomic mass is 9.98. The summed E-state index contributed by atoms with van der Waals surface area (Å²) >= 11 is 0. The summed E-state index contributed by atoms with van der Waals surface area (Å²) in [5, 5.41) is 3.27. The van der Waals surface area contributed by atoms with E-state index in [1.807, 2.05) is 6.07 Å². The van der Waals surface area contributed by atoms with Crippen LogP contribution in [0.3, 0.4) is 0 Å². The molecule has 1 fully saturated rings. The van der Waals surface area contributed by atoms with Crippen molar-refractivity contribution in [1.29, 1.82) is 0 Å². The topological polar surface area (TPSA) is 15.3 Å². The predicted molar refractivity (Wildman–Crippen MR) is 66.0 cm³/mol. The van der Waals surface area contributed by atoms with E-state index in [-0.39, 0.29) is 18.2 Å². The Morgan fingerprint density at radius 1 is 1.31 bits per heavy atom. The van der Waals surface area contributed by atoms with Crippen LogP contribution in [0.2, 0.25) is 0 Å². The number of benzene rings is 1. The van der Waals surface area contributed by atoms with E-state index in [9.17, 15) is 4.39 Å². The molecule has 0 bridgehead atoms. The molecular weight excluding hydrogens is 227 g/mol. The van der Waals surface area contributed by atoms with Gasteiger partial charge in [0, 0.05) is 30.9 Å². The molecule has 2 aliphatic heterocycles. The van der Waals surface area contributed by atoms with Gasteiger partial charge in [-0.05, 0) is 25.0 Å². The van der Waals surface area contributed by atoms with Crippen LogP contribution < -0.4 is 10.2 Å². The highest BCUT2D eigenvalue weighted by Crippen LogP contribution is 2.31. The van der Waals surface area contributed by atoms with Gasteiger partial charge < -0.3 is 10.2 Å². The van der Waals surface area contributed by atoms with Crippen LogP contribution in [-0.4, -0.2) is 25.7 Å². The van der Waals surface area contributed by atoms with E-state index >= 15 is 0 Å². The van der Waals surface area contributed by atoms with Crippen LogP contribution in [0.15, 0.2) is 18.2 Å². The molecule has 1 N–H and O–H groups in total. The third-order valence-corrected chi connectivity index (χ3v) is 3.43. The summed E-state index contributed by atoms with van der Waals surface area (Å²) in [7, 11) is 0. The molecule has 3 rings (SSSR count). The third-order valence-electron chi connectivity index (χ3n) is 3.43. The minimum Gasteiger partial charge on any atom is -0.366 e. The minimum absolute atomic E-state index is 0. The molecule has 0 aliphatic carbocycles. The quantitative estimate of drug-likeness (QED) is 0.810. The Labute approximate surface area is 101 Å². The Balaban J connectivity index is 0.000000963. The average Bonchev–Trinajstić information content (AvgIpc) is 2.17. The van der Waals surface area contributed by atoms with E-state index in [1.54, 1.807) is 6.07 Å². The van der Waals surface area contributed by atoms with Crippen molar-refractivity contribution in [2.75, 3.05) is 24.5 Å². The summed E-state index contributed by atoms with van der Waals surface area (Å²) in [6.45, 7) is 3.15. The lowest BCUT2D eigenvalue weighted by Crippen LogP contribution is -2.58. The number of nitrogens with one attached hydrogen (secondary N) is 1. The minimum atomic E-state index is -0.0375. The first-order valence-electron chi connectivity index (χ1n) is 5.61. The average molecular weight is 243 g/mol. The van der Waals surface area contributed by atoms with Gasteiger partial charge in [0.1, 0.15) is 5.82 Å². The zero-order valence-corrected chi connectivity index (χ0v) is 9.89. The number of hydrogen-bond donors (Lipinski definition) is 1. The van der Waals surface area contributed by atoms with Gasteiger partial charge in [-0.1, -0.05) is 6.07 Å². The highest BCUT2D eigenvalue weighted by molar-refractivity contribution is 5.85. The summed E-state index contributed by atoms with van der Waals surface area (Å²) in [5.41, 5.74) is 2.03. The first kappa shape index (κ1) is 11.7. The van der Waals surface area contributed by atoms with Gasteiger partial charge in [-0.15, -0.1) is 12.4 Å². The smallest absolute Gasteiger partial charge is 0.128 e. The Bertz CT molecular complexity index is 379.